The molecule has 0 heterocycles. The van der Waals surface area contributed by atoms with E-state index in [1.165, 1.54) is 0 Å². The lowest BCUT2D eigenvalue weighted by Crippen LogP contribution is -2.28. The van der Waals surface area contributed by atoms with Crippen molar-refractivity contribution < 1.29 is 14.6 Å². The highest BCUT2D eigenvalue weighted by Gasteiger charge is 2.28. The molecule has 0 aromatic rings. The zero-order valence-corrected chi connectivity index (χ0v) is 8.03. The molecule has 1 aliphatic rings. The molecule has 3 heteroatoms. The van der Waals surface area contributed by atoms with Crippen molar-refractivity contribution in [1.82, 2.24) is 0 Å². The van der Waals surface area contributed by atoms with Crippen molar-refractivity contribution in [2.24, 2.45) is 11.8 Å². The van der Waals surface area contributed by atoms with Crippen LogP contribution in [-0.4, -0.2) is 24.3 Å². The maximum absolute atomic E-state index is 10.7. The van der Waals surface area contributed by atoms with E-state index in [4.69, 9.17) is 9.84 Å². The highest BCUT2D eigenvalue weighted by molar-refractivity contribution is 5.71. The van der Waals surface area contributed by atoms with Gasteiger partial charge in [0.1, 0.15) is 0 Å². The molecule has 0 saturated heterocycles. The minimum atomic E-state index is -0.777. The first kappa shape index (κ1) is 10.5. The molecular weight excluding hydrogens is 168 g/mol. The second kappa shape index (κ2) is 4.61. The largest absolute Gasteiger partial charge is 0.481 e. The lowest BCUT2D eigenvalue weighted by atomic mass is 9.80. The van der Waals surface area contributed by atoms with E-state index in [1.54, 1.807) is 7.11 Å². The van der Waals surface area contributed by atoms with E-state index in [0.29, 0.717) is 6.10 Å². The summed E-state index contributed by atoms with van der Waals surface area (Å²) in [5, 5.41) is 8.76. The number of methoxy groups -OCH3 is 1. The van der Waals surface area contributed by atoms with Gasteiger partial charge in [-0.3, -0.25) is 4.79 Å². The topological polar surface area (TPSA) is 46.5 Å². The van der Waals surface area contributed by atoms with E-state index in [1.807, 2.05) is 0 Å². The van der Waals surface area contributed by atoms with Gasteiger partial charge in [-0.15, -0.1) is 0 Å². The molecule has 0 spiro atoms. The smallest absolute Gasteiger partial charge is 0.306 e. The summed E-state index contributed by atoms with van der Waals surface area (Å²) < 4.78 is 5.21. The first-order chi connectivity index (χ1) is 6.15. The van der Waals surface area contributed by atoms with Gasteiger partial charge < -0.3 is 9.84 Å². The van der Waals surface area contributed by atoms with Crippen LogP contribution < -0.4 is 0 Å². The number of carboxylic acids is 1. The summed E-state index contributed by atoms with van der Waals surface area (Å²) in [6, 6.07) is 0. The first-order valence-electron chi connectivity index (χ1n) is 4.73. The fraction of sp³-hybridized carbons (Fsp3) is 0.800. The monoisotopic (exact) mass is 185 g/mol. The number of ether oxygens (including phenoxy) is 1. The summed E-state index contributed by atoms with van der Waals surface area (Å²) in [6.45, 7) is 3.67. The van der Waals surface area contributed by atoms with Gasteiger partial charge >= 0.3 is 5.97 Å². The summed E-state index contributed by atoms with van der Waals surface area (Å²) in [4.78, 5) is 10.7. The summed E-state index contributed by atoms with van der Waals surface area (Å²) in [5.74, 6) is -0.984. The van der Waals surface area contributed by atoms with E-state index >= 15 is 0 Å². The van der Waals surface area contributed by atoms with Gasteiger partial charge in [0, 0.05) is 7.11 Å². The minimum Gasteiger partial charge on any atom is -0.481 e. The third-order valence-corrected chi connectivity index (χ3v) is 2.94. The molecule has 0 aromatic heterocycles. The molecule has 1 fully saturated rings. The number of hydrogen-bond acceptors (Lipinski definition) is 2. The summed E-state index contributed by atoms with van der Waals surface area (Å²) >= 11 is 0. The van der Waals surface area contributed by atoms with Crippen molar-refractivity contribution in [3.63, 3.8) is 0 Å². The van der Waals surface area contributed by atoms with Crippen molar-refractivity contribution >= 4 is 5.97 Å². The number of hydrogen-bond donors (Lipinski definition) is 1. The van der Waals surface area contributed by atoms with Crippen LogP contribution in [-0.2, 0) is 9.53 Å². The maximum Gasteiger partial charge on any atom is 0.306 e. The summed E-state index contributed by atoms with van der Waals surface area (Å²) in [7, 11) is 1.71. The highest BCUT2D eigenvalue weighted by Crippen LogP contribution is 2.31. The number of carbonyl (C=O) groups is 1. The predicted octanol–water partition coefficient (Wildman–Crippen LogP) is 1.73. The second-order valence-corrected chi connectivity index (χ2v) is 3.72. The Hall–Kier alpha value is -0.570. The fourth-order valence-corrected chi connectivity index (χ4v) is 1.93. The third-order valence-electron chi connectivity index (χ3n) is 2.94. The van der Waals surface area contributed by atoms with E-state index < -0.39 is 11.9 Å². The molecule has 0 aliphatic heterocycles. The van der Waals surface area contributed by atoms with Crippen molar-refractivity contribution in [3.8, 4) is 0 Å². The van der Waals surface area contributed by atoms with Gasteiger partial charge in [-0.05, 0) is 38.5 Å². The standard InChI is InChI=1S/C10H17O3/c1-7(10(11)12)8-3-5-9(13-2)6-4-8/h7-9H,1,3-6H2,2H3,(H,11,12). The van der Waals surface area contributed by atoms with Crippen LogP contribution in [0.3, 0.4) is 0 Å². The van der Waals surface area contributed by atoms with E-state index in [-0.39, 0.29) is 5.92 Å². The second-order valence-electron chi connectivity index (χ2n) is 3.72. The van der Waals surface area contributed by atoms with Crippen molar-refractivity contribution in [2.45, 2.75) is 31.8 Å². The molecule has 0 amide bonds. The van der Waals surface area contributed by atoms with Crippen LogP contribution in [0.25, 0.3) is 0 Å². The van der Waals surface area contributed by atoms with Crippen LogP contribution in [0.5, 0.6) is 0 Å². The Balaban J connectivity index is 2.36. The molecule has 1 unspecified atom stereocenters. The molecule has 1 rings (SSSR count). The van der Waals surface area contributed by atoms with Gasteiger partial charge in [0.05, 0.1) is 12.0 Å². The molecule has 13 heavy (non-hydrogen) atoms. The number of aliphatic carboxylic acids is 1. The molecule has 1 radical (unpaired) electrons. The van der Waals surface area contributed by atoms with Crippen LogP contribution >= 0.6 is 0 Å². The van der Waals surface area contributed by atoms with E-state index in [0.717, 1.165) is 25.7 Å². The molecule has 1 N–H and O–H groups in total. The molecule has 75 valence electrons. The van der Waals surface area contributed by atoms with Gasteiger partial charge in [0.25, 0.3) is 0 Å². The van der Waals surface area contributed by atoms with Crippen LogP contribution in [0.4, 0.5) is 0 Å². The first-order valence-corrected chi connectivity index (χ1v) is 4.73. The van der Waals surface area contributed by atoms with E-state index in [2.05, 4.69) is 6.92 Å². The van der Waals surface area contributed by atoms with Crippen molar-refractivity contribution in [2.75, 3.05) is 7.11 Å². The Morgan fingerprint density at radius 3 is 2.38 bits per heavy atom. The average molecular weight is 185 g/mol. The van der Waals surface area contributed by atoms with Crippen LogP contribution in [0.15, 0.2) is 0 Å². The van der Waals surface area contributed by atoms with Crippen LogP contribution in [0, 0.1) is 18.8 Å². The molecule has 3 nitrogen and oxygen atoms in total. The summed E-state index contributed by atoms with van der Waals surface area (Å²) in [5.41, 5.74) is 0. The Morgan fingerprint density at radius 1 is 1.46 bits per heavy atom. The normalized spacial score (nSPS) is 31.2. The molecule has 1 atom stereocenters. The SMILES string of the molecule is [CH2]C(C(=O)O)C1CCC(OC)CC1. The minimum absolute atomic E-state index is 0.240. The highest BCUT2D eigenvalue weighted by atomic mass is 16.5. The Morgan fingerprint density at radius 2 is 2.00 bits per heavy atom. The Labute approximate surface area is 79.1 Å². The third kappa shape index (κ3) is 2.69. The van der Waals surface area contributed by atoms with Crippen molar-refractivity contribution in [1.29, 1.82) is 0 Å². The van der Waals surface area contributed by atoms with Crippen LogP contribution in [0.2, 0.25) is 0 Å². The summed E-state index contributed by atoms with van der Waals surface area (Å²) in [6.07, 6.45) is 4.14. The van der Waals surface area contributed by atoms with E-state index in [9.17, 15) is 4.79 Å². The van der Waals surface area contributed by atoms with Gasteiger partial charge in [-0.2, -0.15) is 0 Å². The van der Waals surface area contributed by atoms with Gasteiger partial charge in [-0.1, -0.05) is 0 Å². The predicted molar refractivity (Wildman–Crippen MR) is 49.2 cm³/mol. The van der Waals surface area contributed by atoms with Gasteiger partial charge in [0.2, 0.25) is 0 Å². The molecule has 0 bridgehead atoms. The van der Waals surface area contributed by atoms with Gasteiger partial charge in [-0.25, -0.2) is 0 Å². The Kier molecular flexibility index (Phi) is 3.72. The number of rotatable bonds is 3. The molecule has 1 aliphatic carbocycles. The average Bonchev–Trinajstić information content (AvgIpc) is 2.17. The van der Waals surface area contributed by atoms with Gasteiger partial charge in [0.15, 0.2) is 0 Å². The van der Waals surface area contributed by atoms with Crippen LogP contribution in [0.1, 0.15) is 25.7 Å². The lowest BCUT2D eigenvalue weighted by molar-refractivity contribution is -0.142. The quantitative estimate of drug-likeness (QED) is 0.728. The zero-order chi connectivity index (χ0) is 9.84. The maximum atomic E-state index is 10.7. The molecule has 0 aromatic carbocycles. The zero-order valence-electron chi connectivity index (χ0n) is 8.03. The fourth-order valence-electron chi connectivity index (χ4n) is 1.93. The van der Waals surface area contributed by atoms with Crippen molar-refractivity contribution in [3.05, 3.63) is 6.92 Å². The Bertz CT molecular complexity index is 171. The molecular formula is C10H17O3. The molecule has 1 saturated carbocycles. The lowest BCUT2D eigenvalue weighted by Gasteiger charge is -2.29. The number of carboxylic acid groups (broad SMARTS) is 1.